The van der Waals surface area contributed by atoms with E-state index in [4.69, 9.17) is 0 Å². The third-order valence-corrected chi connectivity index (χ3v) is 4.48. The number of aliphatic hydroxyl groups is 1. The number of aryl methyl sites for hydroxylation is 1. The lowest BCUT2D eigenvalue weighted by Crippen LogP contribution is -2.40. The number of carbonyl (C=O) groups excluding carboxylic acids is 2. The second-order valence-electron chi connectivity index (χ2n) is 6.47. The lowest BCUT2D eigenvalue weighted by atomic mass is 10.0. The summed E-state index contributed by atoms with van der Waals surface area (Å²) in [5, 5.41) is 15.3. The Morgan fingerprint density at radius 3 is 2.84 bits per heavy atom. The maximum atomic E-state index is 12.3. The number of hydrogen-bond donors (Lipinski definition) is 3. The minimum absolute atomic E-state index is 0.0184. The molecule has 2 amide bonds. The molecule has 0 aromatic heterocycles. The Labute approximate surface area is 147 Å². The Hall–Kier alpha value is -2.66. The van der Waals surface area contributed by atoms with E-state index in [-0.39, 0.29) is 30.9 Å². The van der Waals surface area contributed by atoms with E-state index in [1.165, 1.54) is 0 Å². The Balaban J connectivity index is 1.60. The van der Waals surface area contributed by atoms with Gasteiger partial charge in [0.15, 0.2) is 0 Å². The van der Waals surface area contributed by atoms with Gasteiger partial charge in [0.1, 0.15) is 0 Å². The van der Waals surface area contributed by atoms with Crippen molar-refractivity contribution >= 4 is 17.5 Å². The molecule has 0 unspecified atom stereocenters. The molecule has 1 atom stereocenters. The van der Waals surface area contributed by atoms with Crippen LogP contribution in [0.5, 0.6) is 0 Å². The van der Waals surface area contributed by atoms with Crippen LogP contribution < -0.4 is 10.6 Å². The SMILES string of the molecule is Cc1ccccc1C[C@H](CO)NC(=O)Cc1ccc2c(c1)NC(=O)C2. The van der Waals surface area contributed by atoms with Crippen molar-refractivity contribution in [1.29, 1.82) is 0 Å². The first-order chi connectivity index (χ1) is 12.0. The molecule has 3 rings (SSSR count). The summed E-state index contributed by atoms with van der Waals surface area (Å²) in [4.78, 5) is 23.7. The van der Waals surface area contributed by atoms with Crippen LogP contribution in [0.4, 0.5) is 5.69 Å². The zero-order chi connectivity index (χ0) is 17.8. The van der Waals surface area contributed by atoms with Crippen LogP contribution in [0.15, 0.2) is 42.5 Å². The number of amides is 2. The average Bonchev–Trinajstić information content (AvgIpc) is 2.95. The van der Waals surface area contributed by atoms with E-state index >= 15 is 0 Å². The lowest BCUT2D eigenvalue weighted by molar-refractivity contribution is -0.121. The predicted octanol–water partition coefficient (Wildman–Crippen LogP) is 1.75. The molecule has 0 spiro atoms. The molecule has 0 radical (unpaired) electrons. The van der Waals surface area contributed by atoms with E-state index in [1.807, 2.05) is 49.4 Å². The molecule has 0 bridgehead atoms. The molecule has 25 heavy (non-hydrogen) atoms. The first-order valence-electron chi connectivity index (χ1n) is 8.41. The van der Waals surface area contributed by atoms with Crippen molar-refractivity contribution in [3.63, 3.8) is 0 Å². The molecule has 130 valence electrons. The number of rotatable bonds is 6. The highest BCUT2D eigenvalue weighted by Crippen LogP contribution is 2.24. The fourth-order valence-corrected chi connectivity index (χ4v) is 3.10. The number of nitrogens with one attached hydrogen (secondary N) is 2. The minimum Gasteiger partial charge on any atom is -0.394 e. The van der Waals surface area contributed by atoms with Crippen molar-refractivity contribution in [3.8, 4) is 0 Å². The molecule has 3 N–H and O–H groups in total. The van der Waals surface area contributed by atoms with Gasteiger partial charge in [-0.2, -0.15) is 0 Å². The number of benzene rings is 2. The van der Waals surface area contributed by atoms with E-state index in [0.29, 0.717) is 12.8 Å². The van der Waals surface area contributed by atoms with Crippen LogP contribution in [0.1, 0.15) is 22.3 Å². The summed E-state index contributed by atoms with van der Waals surface area (Å²) in [6.07, 6.45) is 1.20. The first-order valence-corrected chi connectivity index (χ1v) is 8.41. The molecule has 0 saturated carbocycles. The largest absolute Gasteiger partial charge is 0.394 e. The fraction of sp³-hybridized carbons (Fsp3) is 0.300. The molecule has 0 fully saturated rings. The second-order valence-corrected chi connectivity index (χ2v) is 6.47. The molecule has 0 aliphatic carbocycles. The molecular weight excluding hydrogens is 316 g/mol. The minimum atomic E-state index is -0.317. The molecule has 1 aliphatic rings. The maximum Gasteiger partial charge on any atom is 0.228 e. The summed E-state index contributed by atoms with van der Waals surface area (Å²) in [6, 6.07) is 13.2. The Bertz CT molecular complexity index is 801. The van der Waals surface area contributed by atoms with Crippen molar-refractivity contribution in [2.24, 2.45) is 0 Å². The zero-order valence-corrected chi connectivity index (χ0v) is 14.2. The van der Waals surface area contributed by atoms with Gasteiger partial charge in [0.05, 0.1) is 25.5 Å². The smallest absolute Gasteiger partial charge is 0.228 e. The molecule has 2 aromatic carbocycles. The van der Waals surface area contributed by atoms with Crippen molar-refractivity contribution in [2.45, 2.75) is 32.2 Å². The van der Waals surface area contributed by atoms with Crippen LogP contribution in [0.3, 0.4) is 0 Å². The molecule has 0 saturated heterocycles. The molecule has 1 heterocycles. The first kappa shape index (κ1) is 17.2. The maximum absolute atomic E-state index is 12.3. The van der Waals surface area contributed by atoms with Gasteiger partial charge in [0.2, 0.25) is 11.8 Å². The average molecular weight is 338 g/mol. The highest BCUT2D eigenvalue weighted by Gasteiger charge is 2.19. The van der Waals surface area contributed by atoms with Gasteiger partial charge in [0, 0.05) is 5.69 Å². The van der Waals surface area contributed by atoms with Gasteiger partial charge >= 0.3 is 0 Å². The van der Waals surface area contributed by atoms with E-state index in [0.717, 1.165) is 27.9 Å². The standard InChI is InChI=1S/C20H22N2O3/c1-13-4-2-3-5-15(13)10-17(12-23)21-19(24)9-14-6-7-16-11-20(25)22-18(16)8-14/h2-8,17,23H,9-12H2,1H3,(H,21,24)(H,22,25)/t17-/m1/s1. The molecule has 1 aliphatic heterocycles. The third kappa shape index (κ3) is 4.25. The summed E-state index contributed by atoms with van der Waals surface area (Å²) in [6.45, 7) is 1.91. The van der Waals surface area contributed by atoms with E-state index in [1.54, 1.807) is 0 Å². The van der Waals surface area contributed by atoms with Crippen LogP contribution >= 0.6 is 0 Å². The number of fused-ring (bicyclic) bond motifs is 1. The Morgan fingerprint density at radius 1 is 1.28 bits per heavy atom. The van der Waals surface area contributed by atoms with Gasteiger partial charge in [-0.15, -0.1) is 0 Å². The predicted molar refractivity (Wildman–Crippen MR) is 96.4 cm³/mol. The van der Waals surface area contributed by atoms with Crippen LogP contribution in [0.2, 0.25) is 0 Å². The van der Waals surface area contributed by atoms with Crippen LogP contribution in [0.25, 0.3) is 0 Å². The van der Waals surface area contributed by atoms with Gasteiger partial charge in [-0.3, -0.25) is 9.59 Å². The van der Waals surface area contributed by atoms with Gasteiger partial charge < -0.3 is 15.7 Å². The second kappa shape index (κ2) is 7.49. The van der Waals surface area contributed by atoms with Crippen LogP contribution in [0, 0.1) is 6.92 Å². The fourth-order valence-electron chi connectivity index (χ4n) is 3.10. The van der Waals surface area contributed by atoms with Crippen molar-refractivity contribution in [2.75, 3.05) is 11.9 Å². The summed E-state index contributed by atoms with van der Waals surface area (Å²) in [5.74, 6) is -0.160. The van der Waals surface area contributed by atoms with Crippen molar-refractivity contribution in [3.05, 3.63) is 64.7 Å². The molecule has 2 aromatic rings. The Kier molecular flexibility index (Phi) is 5.14. The Morgan fingerprint density at radius 2 is 2.08 bits per heavy atom. The van der Waals surface area contributed by atoms with Gasteiger partial charge in [-0.25, -0.2) is 0 Å². The third-order valence-electron chi connectivity index (χ3n) is 4.48. The number of anilines is 1. The summed E-state index contributed by atoms with van der Waals surface area (Å²) in [5.41, 5.74) is 4.84. The van der Waals surface area contributed by atoms with Gasteiger partial charge in [0.25, 0.3) is 0 Å². The quantitative estimate of drug-likeness (QED) is 0.751. The van der Waals surface area contributed by atoms with Crippen LogP contribution in [-0.2, 0) is 28.9 Å². The summed E-state index contributed by atoms with van der Waals surface area (Å²) < 4.78 is 0. The van der Waals surface area contributed by atoms with Crippen LogP contribution in [-0.4, -0.2) is 29.6 Å². The zero-order valence-electron chi connectivity index (χ0n) is 14.2. The van der Waals surface area contributed by atoms with Gasteiger partial charge in [-0.1, -0.05) is 36.4 Å². The lowest BCUT2D eigenvalue weighted by Gasteiger charge is -2.18. The van der Waals surface area contributed by atoms with Gasteiger partial charge in [-0.05, 0) is 41.7 Å². The highest BCUT2D eigenvalue weighted by molar-refractivity contribution is 5.99. The van der Waals surface area contributed by atoms with E-state index in [9.17, 15) is 14.7 Å². The normalized spacial score (nSPS) is 13.9. The van der Waals surface area contributed by atoms with Crippen molar-refractivity contribution < 1.29 is 14.7 Å². The molecule has 5 heteroatoms. The van der Waals surface area contributed by atoms with E-state index < -0.39 is 0 Å². The number of hydrogen-bond acceptors (Lipinski definition) is 3. The summed E-state index contributed by atoms with van der Waals surface area (Å²) >= 11 is 0. The molecular formula is C20H22N2O3. The molecule has 5 nitrogen and oxygen atoms in total. The highest BCUT2D eigenvalue weighted by atomic mass is 16.3. The summed E-state index contributed by atoms with van der Waals surface area (Å²) in [7, 11) is 0. The number of aliphatic hydroxyl groups excluding tert-OH is 1. The topological polar surface area (TPSA) is 78.4 Å². The monoisotopic (exact) mass is 338 g/mol. The van der Waals surface area contributed by atoms with Crippen molar-refractivity contribution in [1.82, 2.24) is 5.32 Å². The van der Waals surface area contributed by atoms with E-state index in [2.05, 4.69) is 10.6 Å². The number of carbonyl (C=O) groups is 2.